The lowest BCUT2D eigenvalue weighted by Gasteiger charge is -2.16. The monoisotopic (exact) mass is 594 g/mol. The van der Waals surface area contributed by atoms with Gasteiger partial charge in [-0.25, -0.2) is 0 Å². The molecule has 3 aromatic rings. The highest BCUT2D eigenvalue weighted by atomic mass is 19.4. The Bertz CT molecular complexity index is 1470. The van der Waals surface area contributed by atoms with E-state index in [1.165, 1.54) is 25.3 Å². The average molecular weight is 595 g/mol. The van der Waals surface area contributed by atoms with Crippen LogP contribution in [-0.4, -0.2) is 24.8 Å². The third kappa shape index (κ3) is 6.35. The minimum Gasteiger partial charge on any atom is -0.492 e. The van der Waals surface area contributed by atoms with Crippen LogP contribution in [0.3, 0.4) is 0 Å². The molecule has 0 aromatic heterocycles. The Morgan fingerprint density at radius 1 is 0.857 bits per heavy atom. The first kappa shape index (κ1) is 29.8. The van der Waals surface area contributed by atoms with E-state index in [-0.39, 0.29) is 24.4 Å². The van der Waals surface area contributed by atoms with Crippen LogP contribution < -0.4 is 9.47 Å². The number of halogens is 6. The Kier molecular flexibility index (Phi) is 8.15. The second-order valence-corrected chi connectivity index (χ2v) is 10.5. The minimum atomic E-state index is -4.34. The maximum Gasteiger partial charge on any atom is 0.416 e. The van der Waals surface area contributed by atoms with Crippen molar-refractivity contribution in [2.75, 3.05) is 13.7 Å². The van der Waals surface area contributed by atoms with Gasteiger partial charge < -0.3 is 19.3 Å². The zero-order valence-corrected chi connectivity index (χ0v) is 22.5. The van der Waals surface area contributed by atoms with Crippen molar-refractivity contribution in [1.29, 1.82) is 0 Å². The first-order valence-corrected chi connectivity index (χ1v) is 13.4. The number of rotatable bonds is 4. The topological polar surface area (TPSA) is 65.0 Å². The molecule has 0 bridgehead atoms. The molecule has 1 N–H and O–H groups in total. The summed E-state index contributed by atoms with van der Waals surface area (Å²) in [5, 5.41) is 9.39. The lowest BCUT2D eigenvalue weighted by Crippen LogP contribution is -2.09. The number of alkyl halides is 6. The largest absolute Gasteiger partial charge is 0.492 e. The second-order valence-electron chi connectivity index (χ2n) is 10.5. The number of fused-ring (bicyclic) bond motifs is 3. The standard InChI is InChI=1S/C21H19F3O4.C10H9F3O/c1-26-20(25)9-13-11-27-19-10-15(4-6-17(13)19)28-18-7-2-12-8-14(21(22,23)24)3-5-16(12)18;11-10(12,13)7-2-3-8-6(5-7)1-4-9(8)14/h3-6,8,10,13,18H,2,7,9,11H2,1H3;2-3,5,9,14H,1,4H2/t13-,18-;9-/m10/s1. The number of benzene rings is 3. The van der Waals surface area contributed by atoms with Crippen molar-refractivity contribution in [3.8, 4) is 11.5 Å². The molecule has 11 heteroatoms. The van der Waals surface area contributed by atoms with Crippen LogP contribution >= 0.6 is 0 Å². The van der Waals surface area contributed by atoms with Crippen molar-refractivity contribution in [1.82, 2.24) is 0 Å². The first-order chi connectivity index (χ1) is 19.8. The van der Waals surface area contributed by atoms with Gasteiger partial charge in [0.25, 0.3) is 0 Å². The van der Waals surface area contributed by atoms with Gasteiger partial charge in [-0.15, -0.1) is 0 Å². The van der Waals surface area contributed by atoms with Gasteiger partial charge in [0.15, 0.2) is 0 Å². The molecule has 1 heterocycles. The Labute approximate surface area is 238 Å². The fourth-order valence-electron chi connectivity index (χ4n) is 5.60. The summed E-state index contributed by atoms with van der Waals surface area (Å²) in [6.45, 7) is 0.403. The summed E-state index contributed by atoms with van der Waals surface area (Å²) in [5.41, 5.74) is 2.39. The van der Waals surface area contributed by atoms with Crippen LogP contribution in [0, 0.1) is 0 Å². The van der Waals surface area contributed by atoms with Gasteiger partial charge in [0, 0.05) is 17.5 Å². The van der Waals surface area contributed by atoms with Crippen molar-refractivity contribution in [3.63, 3.8) is 0 Å². The number of ether oxygens (including phenoxy) is 3. The van der Waals surface area contributed by atoms with Crippen molar-refractivity contribution in [2.45, 2.75) is 62.6 Å². The van der Waals surface area contributed by atoms with Gasteiger partial charge in [0.1, 0.15) is 17.6 Å². The molecule has 0 radical (unpaired) electrons. The van der Waals surface area contributed by atoms with Crippen LogP contribution in [0.4, 0.5) is 26.3 Å². The fraction of sp³-hybridized carbons (Fsp3) is 0.387. The minimum absolute atomic E-state index is 0.0514. The third-order valence-corrected chi connectivity index (χ3v) is 7.79. The Hall–Kier alpha value is -3.73. The van der Waals surface area contributed by atoms with Gasteiger partial charge in [-0.3, -0.25) is 4.79 Å². The average Bonchev–Trinajstić information content (AvgIpc) is 3.64. The van der Waals surface area contributed by atoms with Gasteiger partial charge in [-0.2, -0.15) is 26.3 Å². The number of hydrogen-bond donors (Lipinski definition) is 1. The Morgan fingerprint density at radius 2 is 1.45 bits per heavy atom. The smallest absolute Gasteiger partial charge is 0.416 e. The van der Waals surface area contributed by atoms with Crippen LogP contribution in [-0.2, 0) is 34.7 Å². The normalized spacial score (nSPS) is 20.5. The summed E-state index contributed by atoms with van der Waals surface area (Å²) in [6, 6.07) is 12.8. The van der Waals surface area contributed by atoms with Gasteiger partial charge in [0.05, 0.1) is 37.4 Å². The molecule has 5 nitrogen and oxygen atoms in total. The number of aliphatic hydroxyl groups is 1. The van der Waals surface area contributed by atoms with Crippen LogP contribution in [0.2, 0.25) is 0 Å². The lowest BCUT2D eigenvalue weighted by atomic mass is 9.98. The molecule has 3 atom stereocenters. The number of carbonyl (C=O) groups is 1. The van der Waals surface area contributed by atoms with Gasteiger partial charge >= 0.3 is 18.3 Å². The SMILES string of the molecule is COC(=O)C[C@@H]1COc2cc(O[C@@H]3CCc4cc(C(F)(F)F)ccc43)ccc21.O[C@H]1CCc2cc(C(F)(F)F)ccc21. The summed E-state index contributed by atoms with van der Waals surface area (Å²) in [6.07, 6.45) is -7.03. The summed E-state index contributed by atoms with van der Waals surface area (Å²) >= 11 is 0. The van der Waals surface area contributed by atoms with Gasteiger partial charge in [-0.1, -0.05) is 18.2 Å². The van der Waals surface area contributed by atoms with E-state index >= 15 is 0 Å². The predicted molar refractivity (Wildman–Crippen MR) is 139 cm³/mol. The summed E-state index contributed by atoms with van der Waals surface area (Å²) < 4.78 is 92.0. The van der Waals surface area contributed by atoms with Crippen molar-refractivity contribution in [3.05, 3.63) is 93.5 Å². The highest BCUT2D eigenvalue weighted by molar-refractivity contribution is 5.71. The molecule has 0 saturated heterocycles. The quantitative estimate of drug-likeness (QED) is 0.251. The molecule has 0 spiro atoms. The molecule has 224 valence electrons. The van der Waals surface area contributed by atoms with Gasteiger partial charge in [0.2, 0.25) is 0 Å². The zero-order chi connectivity index (χ0) is 30.2. The maximum absolute atomic E-state index is 12.9. The van der Waals surface area contributed by atoms with E-state index in [0.717, 1.165) is 29.3 Å². The lowest BCUT2D eigenvalue weighted by molar-refractivity contribution is -0.141. The number of carbonyl (C=O) groups excluding carboxylic acids is 1. The van der Waals surface area contributed by atoms with Crippen molar-refractivity contribution in [2.24, 2.45) is 0 Å². The van der Waals surface area contributed by atoms with Gasteiger partial charge in [-0.05, 0) is 78.3 Å². The summed E-state index contributed by atoms with van der Waals surface area (Å²) in [5.74, 6) is 0.916. The molecule has 0 amide bonds. The Balaban J connectivity index is 0.000000211. The third-order valence-electron chi connectivity index (χ3n) is 7.79. The van der Waals surface area contributed by atoms with Crippen LogP contribution in [0.5, 0.6) is 11.5 Å². The molecule has 0 unspecified atom stereocenters. The van der Waals surface area contributed by atoms with E-state index in [9.17, 15) is 36.2 Å². The number of esters is 1. The maximum atomic E-state index is 12.9. The highest BCUT2D eigenvalue weighted by Gasteiger charge is 2.34. The number of aryl methyl sites for hydroxylation is 2. The van der Waals surface area contributed by atoms with E-state index in [1.807, 2.05) is 6.07 Å². The van der Waals surface area contributed by atoms with Crippen LogP contribution in [0.1, 0.15) is 76.3 Å². The number of aliphatic hydroxyl groups excluding tert-OH is 1. The van der Waals surface area contributed by atoms with E-state index in [4.69, 9.17) is 14.2 Å². The fourth-order valence-corrected chi connectivity index (χ4v) is 5.60. The van der Waals surface area contributed by atoms with E-state index in [0.29, 0.717) is 60.5 Å². The highest BCUT2D eigenvalue weighted by Crippen LogP contribution is 2.42. The molecule has 0 saturated carbocycles. The van der Waals surface area contributed by atoms with E-state index in [1.54, 1.807) is 12.1 Å². The summed E-state index contributed by atoms with van der Waals surface area (Å²) in [7, 11) is 1.35. The number of methoxy groups -OCH3 is 1. The predicted octanol–water partition coefficient (Wildman–Crippen LogP) is 7.50. The molecule has 0 fully saturated rings. The molecule has 42 heavy (non-hydrogen) atoms. The molecular weight excluding hydrogens is 566 g/mol. The van der Waals surface area contributed by atoms with Crippen molar-refractivity contribution >= 4 is 5.97 Å². The van der Waals surface area contributed by atoms with Crippen LogP contribution in [0.25, 0.3) is 0 Å². The molecule has 2 aliphatic carbocycles. The summed E-state index contributed by atoms with van der Waals surface area (Å²) in [4.78, 5) is 11.5. The van der Waals surface area contributed by atoms with E-state index in [2.05, 4.69) is 0 Å². The van der Waals surface area contributed by atoms with Crippen LogP contribution in [0.15, 0.2) is 54.6 Å². The molecule has 6 rings (SSSR count). The molecule has 3 aliphatic rings. The molecule has 1 aliphatic heterocycles. The second kappa shape index (κ2) is 11.5. The van der Waals surface area contributed by atoms with Crippen molar-refractivity contribution < 1.29 is 50.5 Å². The molecule has 3 aromatic carbocycles. The first-order valence-electron chi connectivity index (χ1n) is 13.4. The number of hydrogen-bond acceptors (Lipinski definition) is 5. The van der Waals surface area contributed by atoms with E-state index < -0.39 is 29.6 Å². The Morgan fingerprint density at radius 3 is 2.10 bits per heavy atom. The molecular formula is C31H28F6O5. The zero-order valence-electron chi connectivity index (χ0n) is 22.5.